The molecule has 0 spiro atoms. The van der Waals surface area contributed by atoms with Gasteiger partial charge in [0.1, 0.15) is 5.54 Å². The van der Waals surface area contributed by atoms with E-state index in [0.717, 1.165) is 51.4 Å². The van der Waals surface area contributed by atoms with Gasteiger partial charge in [-0.15, -0.1) is 13.0 Å². The van der Waals surface area contributed by atoms with E-state index in [2.05, 4.69) is 10.6 Å². The quantitative estimate of drug-likeness (QED) is 0.516. The zero-order valence-electron chi connectivity index (χ0n) is 16.5. The molecule has 3 fully saturated rings. The van der Waals surface area contributed by atoms with E-state index in [0.29, 0.717) is 13.0 Å². The van der Waals surface area contributed by atoms with Crippen LogP contribution in [0.1, 0.15) is 64.7 Å². The minimum Gasteiger partial charge on any atom is -0.362 e. The molecule has 1 saturated carbocycles. The summed E-state index contributed by atoms with van der Waals surface area (Å²) in [6.45, 7) is 2.08. The maximum absolute atomic E-state index is 12.9. The van der Waals surface area contributed by atoms with Crippen LogP contribution < -0.4 is 10.6 Å². The van der Waals surface area contributed by atoms with Crippen molar-refractivity contribution in [1.82, 2.24) is 15.5 Å². The summed E-state index contributed by atoms with van der Waals surface area (Å²) in [6, 6.07) is -0.724. The number of likely N-dealkylation sites (N-methyl/N-ethyl adjacent to an activating group) is 1. The van der Waals surface area contributed by atoms with E-state index in [1.807, 2.05) is 13.5 Å². The number of fused-ring (bicyclic) bond motifs is 2. The van der Waals surface area contributed by atoms with Crippen LogP contribution in [0.2, 0.25) is 0 Å². The van der Waals surface area contributed by atoms with Crippen molar-refractivity contribution in [1.29, 1.82) is 0 Å². The number of hydrogen-bond acceptors (Lipinski definition) is 4. The second-order valence-electron chi connectivity index (χ2n) is 8.13. The van der Waals surface area contributed by atoms with Gasteiger partial charge in [0, 0.05) is 21.1 Å². The molecule has 1 aliphatic carbocycles. The van der Waals surface area contributed by atoms with Crippen molar-refractivity contribution < 1.29 is 35.4 Å². The first kappa shape index (κ1) is 22.5. The van der Waals surface area contributed by atoms with Crippen molar-refractivity contribution in [3.05, 3.63) is 6.42 Å². The molecule has 0 aromatic heterocycles. The predicted molar refractivity (Wildman–Crippen MR) is 99.2 cm³/mol. The Hall–Kier alpha value is -0.742. The van der Waals surface area contributed by atoms with Crippen LogP contribution in [0, 0.1) is 12.3 Å². The number of nitrogens with one attached hydrogen (secondary N) is 2. The van der Waals surface area contributed by atoms with Crippen LogP contribution in [0.15, 0.2) is 0 Å². The molecule has 2 amide bonds. The van der Waals surface area contributed by atoms with E-state index in [9.17, 15) is 14.4 Å². The van der Waals surface area contributed by atoms with Crippen molar-refractivity contribution in [2.24, 2.45) is 5.92 Å². The standard InChI is InChI=1S/C20H32N3O3.W/c1-14(24)20-13-15(20)9-6-4-3-5-7-10-16(21-2)19(26)23-12-8-11-17(23)18(25)22-20;/h8,15-17,21H,3-7,9-13H2,1-2H3,(H,22,25);/q-1;/t15-,16+,17+,20+;/m1./s1. The molecule has 3 aliphatic rings. The summed E-state index contributed by atoms with van der Waals surface area (Å²) in [5.41, 5.74) is -0.684. The number of amides is 2. The molecule has 7 heteroatoms. The Bertz CT molecular complexity index is 571. The van der Waals surface area contributed by atoms with Gasteiger partial charge in [-0.25, -0.2) is 0 Å². The van der Waals surface area contributed by atoms with Gasteiger partial charge in [0.2, 0.25) is 11.8 Å². The molecule has 2 aliphatic heterocycles. The molecule has 2 saturated heterocycles. The van der Waals surface area contributed by atoms with Gasteiger partial charge in [0.15, 0.2) is 5.78 Å². The monoisotopic (exact) mass is 546 g/mol. The number of rotatable bonds is 2. The second kappa shape index (κ2) is 9.64. The fourth-order valence-electron chi connectivity index (χ4n) is 4.63. The molecule has 152 valence electrons. The average molecular weight is 546 g/mol. The summed E-state index contributed by atoms with van der Waals surface area (Å²) < 4.78 is 0. The zero-order chi connectivity index (χ0) is 18.7. The van der Waals surface area contributed by atoms with E-state index in [-0.39, 0.29) is 50.6 Å². The summed E-state index contributed by atoms with van der Waals surface area (Å²) in [5.74, 6) is 0.136. The Morgan fingerprint density at radius 1 is 1.19 bits per heavy atom. The third-order valence-electron chi connectivity index (χ3n) is 6.45. The molecule has 2 heterocycles. The topological polar surface area (TPSA) is 78.5 Å². The molecule has 3 rings (SSSR count). The van der Waals surface area contributed by atoms with Crippen molar-refractivity contribution in [2.75, 3.05) is 13.6 Å². The van der Waals surface area contributed by atoms with Crippen molar-refractivity contribution in [2.45, 2.75) is 82.3 Å². The third kappa shape index (κ3) is 4.82. The maximum atomic E-state index is 12.9. The largest absolute Gasteiger partial charge is 0.362 e. The average Bonchev–Trinajstić information content (AvgIpc) is 3.09. The SMILES string of the molecule is CN[C@H]1CCCCCCC[C@@H]2C[C@@]2(C(C)=O)NC(=O)[C@@H]2C[CH-]CN2C1=O.[W]. The van der Waals surface area contributed by atoms with Gasteiger partial charge < -0.3 is 22.0 Å². The van der Waals surface area contributed by atoms with Crippen LogP contribution in [-0.2, 0) is 35.4 Å². The number of hydrogen-bond donors (Lipinski definition) is 2. The second-order valence-corrected chi connectivity index (χ2v) is 8.13. The first-order valence-electron chi connectivity index (χ1n) is 10.1. The van der Waals surface area contributed by atoms with Gasteiger partial charge in [-0.05, 0) is 39.2 Å². The van der Waals surface area contributed by atoms with Gasteiger partial charge in [-0.1, -0.05) is 32.1 Å². The van der Waals surface area contributed by atoms with Crippen molar-refractivity contribution in [3.63, 3.8) is 0 Å². The summed E-state index contributed by atoms with van der Waals surface area (Å²) in [5, 5.41) is 6.16. The third-order valence-corrected chi connectivity index (χ3v) is 6.45. The van der Waals surface area contributed by atoms with Crippen LogP contribution in [0.25, 0.3) is 0 Å². The number of carbonyl (C=O) groups is 3. The Morgan fingerprint density at radius 3 is 2.52 bits per heavy atom. The maximum Gasteiger partial charge on any atom is 0.240 e. The summed E-state index contributed by atoms with van der Waals surface area (Å²) in [6.07, 6.45) is 10.7. The molecule has 27 heavy (non-hydrogen) atoms. The number of ketones is 1. The van der Waals surface area contributed by atoms with Crippen LogP contribution in [0.5, 0.6) is 0 Å². The van der Waals surface area contributed by atoms with E-state index >= 15 is 0 Å². The molecule has 0 aromatic rings. The van der Waals surface area contributed by atoms with Gasteiger partial charge in [0.25, 0.3) is 0 Å². The fourth-order valence-corrected chi connectivity index (χ4v) is 4.63. The van der Waals surface area contributed by atoms with E-state index < -0.39 is 11.6 Å². The minimum atomic E-state index is -0.684. The first-order chi connectivity index (χ1) is 12.5. The molecular weight excluding hydrogens is 514 g/mol. The Labute approximate surface area is 176 Å². The van der Waals surface area contributed by atoms with Crippen molar-refractivity contribution in [3.8, 4) is 0 Å². The van der Waals surface area contributed by atoms with Gasteiger partial charge in [-0.2, -0.15) is 0 Å². The smallest absolute Gasteiger partial charge is 0.240 e. The number of carbonyl (C=O) groups excluding carboxylic acids is 3. The van der Waals surface area contributed by atoms with Gasteiger partial charge in [-0.3, -0.25) is 14.4 Å². The van der Waals surface area contributed by atoms with Gasteiger partial charge in [0.05, 0.1) is 12.1 Å². The summed E-state index contributed by atoms with van der Waals surface area (Å²) in [7, 11) is 1.81. The van der Waals surface area contributed by atoms with E-state index in [1.165, 1.54) is 0 Å². The Balaban J connectivity index is 0.00000261. The van der Waals surface area contributed by atoms with E-state index in [4.69, 9.17) is 0 Å². The Kier molecular flexibility index (Phi) is 8.05. The normalized spacial score (nSPS) is 35.0. The fraction of sp³-hybridized carbons (Fsp3) is 0.800. The molecule has 0 aromatic carbocycles. The molecule has 0 bridgehead atoms. The van der Waals surface area contributed by atoms with Crippen molar-refractivity contribution >= 4 is 17.6 Å². The molecule has 0 radical (unpaired) electrons. The Morgan fingerprint density at radius 2 is 1.85 bits per heavy atom. The predicted octanol–water partition coefficient (Wildman–Crippen LogP) is 1.59. The van der Waals surface area contributed by atoms with Crippen LogP contribution in [0.4, 0.5) is 0 Å². The molecular formula is C20H32N3O3W-. The molecule has 6 nitrogen and oxygen atoms in total. The number of Topliss-reactive ketones (excluding diaryl/α,β-unsaturated/α-hetero) is 1. The number of nitrogens with zero attached hydrogens (tertiary/aromatic N) is 1. The molecule has 4 atom stereocenters. The molecule has 0 unspecified atom stereocenters. The zero-order valence-corrected chi connectivity index (χ0v) is 19.4. The first-order valence-corrected chi connectivity index (χ1v) is 10.1. The summed E-state index contributed by atoms with van der Waals surface area (Å²) >= 11 is 0. The minimum absolute atomic E-state index is 0. The van der Waals surface area contributed by atoms with Crippen LogP contribution in [0.3, 0.4) is 0 Å². The van der Waals surface area contributed by atoms with Crippen LogP contribution in [-0.4, -0.2) is 53.7 Å². The van der Waals surface area contributed by atoms with Gasteiger partial charge >= 0.3 is 0 Å². The van der Waals surface area contributed by atoms with Crippen LogP contribution >= 0.6 is 0 Å². The van der Waals surface area contributed by atoms with E-state index in [1.54, 1.807) is 11.8 Å². The molecule has 2 N–H and O–H groups in total. The summed E-state index contributed by atoms with van der Waals surface area (Å²) in [4.78, 5) is 39.8.